The standard InChI is InChI=1S/C15H19N3O2S/c1-12-6-8-15(9-7-12)11-18(15)21(19,20)17-14-4-2-13(10-16)3-5-14/h2-5,12,17H,6-9,11H2,1H3. The molecule has 2 aliphatic rings. The van der Waals surface area contributed by atoms with Gasteiger partial charge in [0.05, 0.1) is 17.2 Å². The van der Waals surface area contributed by atoms with Gasteiger partial charge in [0, 0.05) is 12.2 Å². The molecular formula is C15H19N3O2S. The summed E-state index contributed by atoms with van der Waals surface area (Å²) in [6.45, 7) is 2.86. The van der Waals surface area contributed by atoms with Crippen molar-refractivity contribution in [2.45, 2.75) is 38.1 Å². The molecule has 2 fully saturated rings. The summed E-state index contributed by atoms with van der Waals surface area (Å²) >= 11 is 0. The summed E-state index contributed by atoms with van der Waals surface area (Å²) in [6.07, 6.45) is 4.12. The number of anilines is 1. The van der Waals surface area contributed by atoms with Crippen LogP contribution in [0, 0.1) is 17.2 Å². The Morgan fingerprint density at radius 2 is 1.90 bits per heavy atom. The third kappa shape index (κ3) is 2.76. The van der Waals surface area contributed by atoms with Crippen LogP contribution in [0.5, 0.6) is 0 Å². The van der Waals surface area contributed by atoms with Gasteiger partial charge in [-0.1, -0.05) is 6.92 Å². The van der Waals surface area contributed by atoms with Crippen LogP contribution in [-0.4, -0.2) is 24.8 Å². The molecule has 1 saturated carbocycles. The van der Waals surface area contributed by atoms with Gasteiger partial charge in [-0.2, -0.15) is 18.0 Å². The first kappa shape index (κ1) is 14.4. The molecule has 1 aliphatic heterocycles. The molecule has 1 aromatic rings. The predicted octanol–water partition coefficient (Wildman–Crippen LogP) is 2.48. The maximum Gasteiger partial charge on any atom is 0.302 e. The normalized spacial score (nSPS) is 31.6. The van der Waals surface area contributed by atoms with E-state index in [-0.39, 0.29) is 5.54 Å². The lowest BCUT2D eigenvalue weighted by molar-refractivity contribution is 0.300. The molecule has 0 radical (unpaired) electrons. The van der Waals surface area contributed by atoms with Crippen molar-refractivity contribution in [2.24, 2.45) is 5.92 Å². The number of hydrogen-bond acceptors (Lipinski definition) is 3. The minimum atomic E-state index is -3.48. The molecule has 1 unspecified atom stereocenters. The third-order valence-corrected chi connectivity index (χ3v) is 6.21. The van der Waals surface area contributed by atoms with Gasteiger partial charge in [-0.25, -0.2) is 0 Å². The van der Waals surface area contributed by atoms with Crippen molar-refractivity contribution in [3.05, 3.63) is 29.8 Å². The monoisotopic (exact) mass is 305 g/mol. The highest BCUT2D eigenvalue weighted by Gasteiger charge is 2.58. The Bertz CT molecular complexity index is 668. The molecule has 0 amide bonds. The van der Waals surface area contributed by atoms with Crippen molar-refractivity contribution in [1.29, 1.82) is 5.26 Å². The van der Waals surface area contributed by atoms with Crippen LogP contribution in [-0.2, 0) is 10.2 Å². The molecule has 21 heavy (non-hydrogen) atoms. The number of benzene rings is 1. The van der Waals surface area contributed by atoms with E-state index in [4.69, 9.17) is 5.26 Å². The number of rotatable bonds is 3. The predicted molar refractivity (Wildman–Crippen MR) is 80.8 cm³/mol. The Hall–Kier alpha value is -1.58. The molecule has 3 rings (SSSR count). The van der Waals surface area contributed by atoms with Crippen LogP contribution < -0.4 is 4.72 Å². The summed E-state index contributed by atoms with van der Waals surface area (Å²) in [5.74, 6) is 0.701. The van der Waals surface area contributed by atoms with E-state index in [9.17, 15) is 8.42 Å². The summed E-state index contributed by atoms with van der Waals surface area (Å²) in [4.78, 5) is 0. The highest BCUT2D eigenvalue weighted by Crippen LogP contribution is 2.48. The van der Waals surface area contributed by atoms with Crippen LogP contribution in [0.3, 0.4) is 0 Å². The second-order valence-corrected chi connectivity index (χ2v) is 7.80. The van der Waals surface area contributed by atoms with E-state index in [0.717, 1.165) is 25.7 Å². The molecule has 1 saturated heterocycles. The number of nitrogens with zero attached hydrogens (tertiary/aromatic N) is 2. The fourth-order valence-electron chi connectivity index (χ4n) is 3.10. The fourth-order valence-corrected chi connectivity index (χ4v) is 4.74. The van der Waals surface area contributed by atoms with Gasteiger partial charge in [0.1, 0.15) is 0 Å². The lowest BCUT2D eigenvalue weighted by Gasteiger charge is -2.26. The average molecular weight is 305 g/mol. The van der Waals surface area contributed by atoms with Crippen LogP contribution >= 0.6 is 0 Å². The average Bonchev–Trinajstić information content (AvgIpc) is 3.18. The molecule has 0 aromatic heterocycles. The fraction of sp³-hybridized carbons (Fsp3) is 0.533. The van der Waals surface area contributed by atoms with Crippen LogP contribution in [0.4, 0.5) is 5.69 Å². The van der Waals surface area contributed by atoms with E-state index in [2.05, 4.69) is 11.6 Å². The van der Waals surface area contributed by atoms with E-state index >= 15 is 0 Å². The Labute approximate surface area is 125 Å². The molecule has 1 heterocycles. The molecule has 1 atom stereocenters. The Kier molecular flexibility index (Phi) is 3.42. The zero-order valence-corrected chi connectivity index (χ0v) is 12.9. The van der Waals surface area contributed by atoms with Crippen molar-refractivity contribution in [2.75, 3.05) is 11.3 Å². The summed E-state index contributed by atoms with van der Waals surface area (Å²) in [5.41, 5.74) is 0.882. The Balaban J connectivity index is 1.69. The minimum absolute atomic E-state index is 0.134. The smallest absolute Gasteiger partial charge is 0.271 e. The second kappa shape index (κ2) is 5.00. The SMILES string of the molecule is CC1CCC2(CC1)CN2S(=O)(=O)Nc1ccc(C#N)cc1. The second-order valence-electron chi connectivity index (χ2n) is 6.21. The van der Waals surface area contributed by atoms with Crippen molar-refractivity contribution in [1.82, 2.24) is 4.31 Å². The van der Waals surface area contributed by atoms with Crippen LogP contribution in [0.25, 0.3) is 0 Å². The van der Waals surface area contributed by atoms with Gasteiger partial charge in [0.2, 0.25) is 0 Å². The molecule has 1 N–H and O–H groups in total. The lowest BCUT2D eigenvalue weighted by Crippen LogP contribution is -2.31. The highest BCUT2D eigenvalue weighted by atomic mass is 32.2. The first-order valence-electron chi connectivity index (χ1n) is 7.26. The van der Waals surface area contributed by atoms with Crippen molar-refractivity contribution < 1.29 is 8.42 Å². The molecule has 6 heteroatoms. The van der Waals surface area contributed by atoms with E-state index in [0.29, 0.717) is 23.7 Å². The van der Waals surface area contributed by atoms with E-state index in [1.165, 1.54) is 0 Å². The van der Waals surface area contributed by atoms with Gasteiger partial charge in [0.15, 0.2) is 0 Å². The van der Waals surface area contributed by atoms with Crippen LogP contribution in [0.1, 0.15) is 38.2 Å². The van der Waals surface area contributed by atoms with Gasteiger partial charge < -0.3 is 0 Å². The van der Waals surface area contributed by atoms with E-state index in [1.54, 1.807) is 28.6 Å². The summed E-state index contributed by atoms with van der Waals surface area (Å²) in [5, 5.41) is 8.75. The van der Waals surface area contributed by atoms with Crippen LogP contribution in [0.15, 0.2) is 24.3 Å². The zero-order valence-electron chi connectivity index (χ0n) is 12.0. The van der Waals surface area contributed by atoms with Crippen molar-refractivity contribution in [3.8, 4) is 6.07 Å². The minimum Gasteiger partial charge on any atom is -0.271 e. The third-order valence-electron chi connectivity index (χ3n) is 4.62. The number of nitrogens with one attached hydrogen (secondary N) is 1. The van der Waals surface area contributed by atoms with Gasteiger partial charge in [-0.3, -0.25) is 4.72 Å². The first-order chi connectivity index (χ1) is 9.95. The zero-order chi connectivity index (χ0) is 15.1. The maximum absolute atomic E-state index is 12.4. The molecular weight excluding hydrogens is 286 g/mol. The van der Waals surface area contributed by atoms with Gasteiger partial charge in [0.25, 0.3) is 0 Å². The molecule has 1 aromatic carbocycles. The first-order valence-corrected chi connectivity index (χ1v) is 8.70. The Morgan fingerprint density at radius 1 is 1.29 bits per heavy atom. The molecule has 1 spiro atoms. The molecule has 112 valence electrons. The Morgan fingerprint density at radius 3 is 2.48 bits per heavy atom. The highest BCUT2D eigenvalue weighted by molar-refractivity contribution is 7.90. The summed E-state index contributed by atoms with van der Waals surface area (Å²) in [7, 11) is -3.48. The quantitative estimate of drug-likeness (QED) is 0.872. The van der Waals surface area contributed by atoms with Gasteiger partial charge in [-0.05, 0) is 55.9 Å². The molecule has 1 aliphatic carbocycles. The molecule has 0 bridgehead atoms. The maximum atomic E-state index is 12.4. The van der Waals surface area contributed by atoms with Crippen molar-refractivity contribution in [3.63, 3.8) is 0 Å². The van der Waals surface area contributed by atoms with E-state index in [1.807, 2.05) is 6.07 Å². The largest absolute Gasteiger partial charge is 0.302 e. The van der Waals surface area contributed by atoms with E-state index < -0.39 is 10.2 Å². The lowest BCUT2D eigenvalue weighted by atomic mass is 9.83. The summed E-state index contributed by atoms with van der Waals surface area (Å²) < 4.78 is 29.0. The van der Waals surface area contributed by atoms with Gasteiger partial charge in [-0.15, -0.1) is 0 Å². The number of hydrogen-bond donors (Lipinski definition) is 1. The topological polar surface area (TPSA) is 73.0 Å². The van der Waals surface area contributed by atoms with Gasteiger partial charge >= 0.3 is 10.2 Å². The molecule has 5 nitrogen and oxygen atoms in total. The number of nitriles is 1. The van der Waals surface area contributed by atoms with Crippen molar-refractivity contribution >= 4 is 15.9 Å². The van der Waals surface area contributed by atoms with Crippen LogP contribution in [0.2, 0.25) is 0 Å². The summed E-state index contributed by atoms with van der Waals surface area (Å²) in [6, 6.07) is 8.47.